The van der Waals surface area contributed by atoms with Crippen LogP contribution in [0.1, 0.15) is 38.5 Å². The van der Waals surface area contributed by atoms with Crippen LogP contribution in [0.2, 0.25) is 0 Å². The van der Waals surface area contributed by atoms with Gasteiger partial charge in [0.25, 0.3) is 0 Å². The van der Waals surface area contributed by atoms with E-state index in [-0.39, 0.29) is 12.7 Å². The lowest BCUT2D eigenvalue weighted by molar-refractivity contribution is 0.00284. The van der Waals surface area contributed by atoms with Crippen LogP contribution >= 0.6 is 0 Å². The van der Waals surface area contributed by atoms with E-state index in [0.717, 1.165) is 0 Å². The third kappa shape index (κ3) is 2.76. The summed E-state index contributed by atoms with van der Waals surface area (Å²) in [5.74, 6) is 0.600. The molecule has 0 bridgehead atoms. The second-order valence-electron chi connectivity index (χ2n) is 3.71. The molecule has 1 aliphatic rings. The van der Waals surface area contributed by atoms with Crippen molar-refractivity contribution in [1.29, 1.82) is 0 Å². The van der Waals surface area contributed by atoms with Crippen LogP contribution in [0, 0.1) is 5.92 Å². The average Bonchev–Trinajstić information content (AvgIpc) is 2.35. The summed E-state index contributed by atoms with van der Waals surface area (Å²) in [5, 5.41) is 9.05. The molecule has 12 heavy (non-hydrogen) atoms. The maximum absolute atomic E-state index is 9.05. The summed E-state index contributed by atoms with van der Waals surface area (Å²) >= 11 is 0. The molecule has 72 valence electrons. The monoisotopic (exact) mass is 172 g/mol. The van der Waals surface area contributed by atoms with Gasteiger partial charge in [-0.25, -0.2) is 0 Å². The maximum Gasteiger partial charge on any atom is 0.0830 e. The minimum Gasteiger partial charge on any atom is -0.394 e. The van der Waals surface area contributed by atoms with Gasteiger partial charge in [0, 0.05) is 7.11 Å². The van der Waals surface area contributed by atoms with Gasteiger partial charge in [0.1, 0.15) is 0 Å². The Morgan fingerprint density at radius 3 is 2.25 bits per heavy atom. The smallest absolute Gasteiger partial charge is 0.0830 e. The summed E-state index contributed by atoms with van der Waals surface area (Å²) in [7, 11) is 1.70. The number of rotatable bonds is 3. The predicted octanol–water partition coefficient (Wildman–Crippen LogP) is 1.96. The Morgan fingerprint density at radius 1 is 1.25 bits per heavy atom. The first-order chi connectivity index (χ1) is 5.88. The molecule has 0 aromatic heterocycles. The van der Waals surface area contributed by atoms with Crippen molar-refractivity contribution in [3.8, 4) is 0 Å². The van der Waals surface area contributed by atoms with E-state index in [9.17, 15) is 0 Å². The highest BCUT2D eigenvalue weighted by Crippen LogP contribution is 2.26. The van der Waals surface area contributed by atoms with E-state index in [0.29, 0.717) is 5.92 Å². The van der Waals surface area contributed by atoms with E-state index in [4.69, 9.17) is 9.84 Å². The van der Waals surface area contributed by atoms with Gasteiger partial charge in [-0.1, -0.05) is 25.7 Å². The third-order valence-corrected chi connectivity index (χ3v) is 2.91. The van der Waals surface area contributed by atoms with Crippen molar-refractivity contribution in [2.45, 2.75) is 44.6 Å². The lowest BCUT2D eigenvalue weighted by Gasteiger charge is -2.22. The quantitative estimate of drug-likeness (QED) is 0.659. The van der Waals surface area contributed by atoms with Crippen LogP contribution in [0.3, 0.4) is 0 Å². The molecule has 0 spiro atoms. The molecule has 0 aromatic rings. The molecule has 0 aliphatic heterocycles. The van der Waals surface area contributed by atoms with Gasteiger partial charge >= 0.3 is 0 Å². The van der Waals surface area contributed by atoms with Gasteiger partial charge in [0.15, 0.2) is 0 Å². The summed E-state index contributed by atoms with van der Waals surface area (Å²) in [4.78, 5) is 0. The molecule has 1 rings (SSSR count). The normalized spacial score (nSPS) is 23.5. The predicted molar refractivity (Wildman–Crippen MR) is 49.1 cm³/mol. The molecular weight excluding hydrogens is 152 g/mol. The van der Waals surface area contributed by atoms with Crippen molar-refractivity contribution in [3.63, 3.8) is 0 Å². The standard InChI is InChI=1S/C10H20O2/c1-12-10(8-11)9-6-4-2-3-5-7-9/h9-11H,2-8H2,1H3. The molecule has 1 fully saturated rings. The van der Waals surface area contributed by atoms with Crippen LogP contribution in [-0.2, 0) is 4.74 Å². The Morgan fingerprint density at radius 2 is 1.83 bits per heavy atom. The molecule has 0 saturated heterocycles. The van der Waals surface area contributed by atoms with Crippen LogP contribution in [0.5, 0.6) is 0 Å². The second-order valence-corrected chi connectivity index (χ2v) is 3.71. The van der Waals surface area contributed by atoms with Crippen molar-refractivity contribution < 1.29 is 9.84 Å². The maximum atomic E-state index is 9.05. The van der Waals surface area contributed by atoms with Gasteiger partial charge in [-0.3, -0.25) is 0 Å². The molecule has 2 heteroatoms. The average molecular weight is 172 g/mol. The molecule has 1 unspecified atom stereocenters. The molecule has 1 N–H and O–H groups in total. The van der Waals surface area contributed by atoms with E-state index in [2.05, 4.69) is 0 Å². The van der Waals surface area contributed by atoms with Crippen LogP contribution in [-0.4, -0.2) is 24.9 Å². The van der Waals surface area contributed by atoms with Crippen LogP contribution in [0.25, 0.3) is 0 Å². The Labute approximate surface area is 74.9 Å². The van der Waals surface area contributed by atoms with Gasteiger partial charge in [0.2, 0.25) is 0 Å². The number of aliphatic hydroxyl groups is 1. The fourth-order valence-electron chi connectivity index (χ4n) is 2.10. The molecule has 0 radical (unpaired) electrons. The van der Waals surface area contributed by atoms with Crippen LogP contribution in [0.15, 0.2) is 0 Å². The highest BCUT2D eigenvalue weighted by molar-refractivity contribution is 4.72. The zero-order valence-corrected chi connectivity index (χ0v) is 7.96. The summed E-state index contributed by atoms with van der Waals surface area (Å²) in [6.45, 7) is 0.182. The van der Waals surface area contributed by atoms with Gasteiger partial charge in [-0.15, -0.1) is 0 Å². The molecule has 0 amide bonds. The van der Waals surface area contributed by atoms with E-state index in [1.807, 2.05) is 0 Å². The second kappa shape index (κ2) is 5.55. The first kappa shape index (κ1) is 10.0. The topological polar surface area (TPSA) is 29.5 Å². The highest BCUT2D eigenvalue weighted by atomic mass is 16.5. The largest absolute Gasteiger partial charge is 0.394 e. The minimum atomic E-state index is 0.0862. The molecule has 0 aromatic carbocycles. The minimum absolute atomic E-state index is 0.0862. The summed E-state index contributed by atoms with van der Waals surface area (Å²) in [5.41, 5.74) is 0. The van der Waals surface area contributed by atoms with Gasteiger partial charge in [-0.2, -0.15) is 0 Å². The van der Waals surface area contributed by atoms with Crippen LogP contribution < -0.4 is 0 Å². The van der Waals surface area contributed by atoms with Gasteiger partial charge in [0.05, 0.1) is 12.7 Å². The van der Waals surface area contributed by atoms with Crippen LogP contribution in [0.4, 0.5) is 0 Å². The summed E-state index contributed by atoms with van der Waals surface area (Å²) in [6, 6.07) is 0. The SMILES string of the molecule is COC(CO)C1CCCCCC1. The molecule has 2 nitrogen and oxygen atoms in total. The molecule has 0 heterocycles. The highest BCUT2D eigenvalue weighted by Gasteiger charge is 2.21. The zero-order chi connectivity index (χ0) is 8.81. The van der Waals surface area contributed by atoms with Crippen molar-refractivity contribution in [1.82, 2.24) is 0 Å². The lowest BCUT2D eigenvalue weighted by Crippen LogP contribution is -2.26. The Bertz CT molecular complexity index is 102. The number of aliphatic hydroxyl groups excluding tert-OH is 1. The van der Waals surface area contributed by atoms with Crippen molar-refractivity contribution in [3.05, 3.63) is 0 Å². The fourth-order valence-corrected chi connectivity index (χ4v) is 2.10. The number of ether oxygens (including phenoxy) is 1. The van der Waals surface area contributed by atoms with Crippen molar-refractivity contribution in [2.24, 2.45) is 5.92 Å². The third-order valence-electron chi connectivity index (χ3n) is 2.91. The van der Waals surface area contributed by atoms with E-state index < -0.39 is 0 Å². The lowest BCUT2D eigenvalue weighted by atomic mass is 9.94. The van der Waals surface area contributed by atoms with Crippen molar-refractivity contribution in [2.75, 3.05) is 13.7 Å². The number of methoxy groups -OCH3 is 1. The molecule has 1 saturated carbocycles. The summed E-state index contributed by atoms with van der Waals surface area (Å²) < 4.78 is 5.24. The number of hydrogen-bond acceptors (Lipinski definition) is 2. The summed E-state index contributed by atoms with van der Waals surface area (Å²) in [6.07, 6.45) is 7.90. The van der Waals surface area contributed by atoms with E-state index >= 15 is 0 Å². The fraction of sp³-hybridized carbons (Fsp3) is 1.00. The Hall–Kier alpha value is -0.0800. The van der Waals surface area contributed by atoms with Crippen molar-refractivity contribution >= 4 is 0 Å². The first-order valence-electron chi connectivity index (χ1n) is 5.02. The molecular formula is C10H20O2. The van der Waals surface area contributed by atoms with E-state index in [1.54, 1.807) is 7.11 Å². The Balaban J connectivity index is 2.35. The van der Waals surface area contributed by atoms with E-state index in [1.165, 1.54) is 38.5 Å². The number of hydrogen-bond donors (Lipinski definition) is 1. The zero-order valence-electron chi connectivity index (χ0n) is 7.96. The molecule has 1 atom stereocenters. The first-order valence-corrected chi connectivity index (χ1v) is 5.02. The Kier molecular flexibility index (Phi) is 4.62. The van der Waals surface area contributed by atoms with Gasteiger partial charge in [-0.05, 0) is 18.8 Å². The molecule has 1 aliphatic carbocycles. The van der Waals surface area contributed by atoms with Gasteiger partial charge < -0.3 is 9.84 Å².